The summed E-state index contributed by atoms with van der Waals surface area (Å²) in [6, 6.07) is 3.36. The molecule has 3 heterocycles. The first kappa shape index (κ1) is 17.0. The molecule has 2 fully saturated rings. The quantitative estimate of drug-likeness (QED) is 0.847. The number of rotatable bonds is 3. The minimum absolute atomic E-state index is 0.189. The fourth-order valence-electron chi connectivity index (χ4n) is 3.24. The number of aliphatic hydroxyl groups is 1. The lowest BCUT2D eigenvalue weighted by molar-refractivity contribution is -0.125. The van der Waals surface area contributed by atoms with Crippen molar-refractivity contribution in [3.63, 3.8) is 0 Å². The van der Waals surface area contributed by atoms with Crippen LogP contribution in [0.1, 0.15) is 18.4 Å². The van der Waals surface area contributed by atoms with Gasteiger partial charge in [-0.2, -0.15) is 0 Å². The molecule has 1 aromatic heterocycles. The molecule has 1 N–H and O–H groups in total. The molecule has 0 spiro atoms. The molecule has 0 bridgehead atoms. The first-order valence-electron chi connectivity index (χ1n) is 8.12. The van der Waals surface area contributed by atoms with Crippen LogP contribution >= 0.6 is 0 Å². The molecule has 24 heavy (non-hydrogen) atoms. The number of hydrogen-bond acceptors (Lipinski definition) is 4. The van der Waals surface area contributed by atoms with Gasteiger partial charge in [0.05, 0.1) is 12.1 Å². The van der Waals surface area contributed by atoms with Gasteiger partial charge in [-0.05, 0) is 17.7 Å². The Morgan fingerprint density at radius 3 is 2.75 bits per heavy atom. The number of pyridine rings is 1. The molecule has 0 aromatic carbocycles. The largest absolute Gasteiger partial charge is 0.390 e. The SMILES string of the molecule is O=C(/C=C/c1cccnc1)N1C[C@@H](O)[C@H](N2CCC(F)(F)CC2)C1. The maximum absolute atomic E-state index is 13.3. The Balaban J connectivity index is 1.57. The smallest absolute Gasteiger partial charge is 0.250 e. The van der Waals surface area contributed by atoms with Crippen molar-refractivity contribution in [1.82, 2.24) is 14.8 Å². The number of hydrogen-bond donors (Lipinski definition) is 1. The van der Waals surface area contributed by atoms with E-state index in [0.717, 1.165) is 5.56 Å². The van der Waals surface area contributed by atoms with Crippen molar-refractivity contribution < 1.29 is 18.7 Å². The van der Waals surface area contributed by atoms with E-state index in [1.807, 2.05) is 11.0 Å². The maximum Gasteiger partial charge on any atom is 0.250 e. The molecule has 0 unspecified atom stereocenters. The molecular formula is C17H21F2N3O2. The minimum Gasteiger partial charge on any atom is -0.390 e. The number of piperidine rings is 1. The summed E-state index contributed by atoms with van der Waals surface area (Å²) in [4.78, 5) is 19.7. The summed E-state index contributed by atoms with van der Waals surface area (Å²) in [6.45, 7) is 1.10. The van der Waals surface area contributed by atoms with E-state index in [1.165, 1.54) is 6.08 Å². The highest BCUT2D eigenvalue weighted by Gasteiger charge is 2.42. The second-order valence-corrected chi connectivity index (χ2v) is 6.39. The lowest BCUT2D eigenvalue weighted by Crippen LogP contribution is -2.49. The Bertz CT molecular complexity index is 599. The molecule has 5 nitrogen and oxygen atoms in total. The number of aromatic nitrogens is 1. The fourth-order valence-corrected chi connectivity index (χ4v) is 3.24. The lowest BCUT2D eigenvalue weighted by atomic mass is 10.0. The fraction of sp³-hybridized carbons (Fsp3) is 0.529. The van der Waals surface area contributed by atoms with Crippen LogP contribution in [-0.2, 0) is 4.79 Å². The van der Waals surface area contributed by atoms with Gasteiger partial charge in [0.15, 0.2) is 0 Å². The van der Waals surface area contributed by atoms with E-state index in [1.54, 1.807) is 29.4 Å². The third kappa shape index (κ3) is 3.96. The Hall–Kier alpha value is -1.86. The van der Waals surface area contributed by atoms with Gasteiger partial charge >= 0.3 is 0 Å². The molecular weight excluding hydrogens is 316 g/mol. The van der Waals surface area contributed by atoms with E-state index in [-0.39, 0.29) is 44.4 Å². The van der Waals surface area contributed by atoms with Crippen LogP contribution in [0.2, 0.25) is 0 Å². The van der Waals surface area contributed by atoms with Gasteiger partial charge in [-0.1, -0.05) is 6.07 Å². The topological polar surface area (TPSA) is 56.7 Å². The van der Waals surface area contributed by atoms with E-state index in [2.05, 4.69) is 4.98 Å². The van der Waals surface area contributed by atoms with Crippen LogP contribution in [0.4, 0.5) is 8.78 Å². The zero-order valence-electron chi connectivity index (χ0n) is 13.3. The van der Waals surface area contributed by atoms with Gasteiger partial charge in [0.25, 0.3) is 5.92 Å². The monoisotopic (exact) mass is 337 g/mol. The van der Waals surface area contributed by atoms with Gasteiger partial charge in [-0.15, -0.1) is 0 Å². The number of carbonyl (C=O) groups is 1. The Morgan fingerprint density at radius 1 is 1.33 bits per heavy atom. The summed E-state index contributed by atoms with van der Waals surface area (Å²) in [5, 5.41) is 10.2. The van der Waals surface area contributed by atoms with Crippen molar-refractivity contribution in [2.45, 2.75) is 30.9 Å². The molecule has 2 atom stereocenters. The predicted octanol–water partition coefficient (Wildman–Crippen LogP) is 1.40. The first-order chi connectivity index (χ1) is 11.4. The zero-order valence-corrected chi connectivity index (χ0v) is 13.3. The van der Waals surface area contributed by atoms with Crippen LogP contribution in [-0.4, -0.2) is 70.0 Å². The lowest BCUT2D eigenvalue weighted by Gasteiger charge is -2.36. The Kier molecular flexibility index (Phi) is 4.91. The molecule has 3 rings (SSSR count). The van der Waals surface area contributed by atoms with Crippen LogP contribution in [0.3, 0.4) is 0 Å². The summed E-state index contributed by atoms with van der Waals surface area (Å²) in [6.07, 6.45) is 5.36. The molecule has 2 aliphatic rings. The Labute approximate surface area is 139 Å². The second-order valence-electron chi connectivity index (χ2n) is 6.39. The molecule has 1 aromatic rings. The highest BCUT2D eigenvalue weighted by atomic mass is 19.3. The summed E-state index contributed by atoms with van der Waals surface area (Å²) in [7, 11) is 0. The molecule has 0 aliphatic carbocycles. The summed E-state index contributed by atoms with van der Waals surface area (Å²) >= 11 is 0. The molecule has 2 aliphatic heterocycles. The summed E-state index contributed by atoms with van der Waals surface area (Å²) < 4.78 is 26.5. The van der Waals surface area contributed by atoms with Gasteiger partial charge in [0.1, 0.15) is 0 Å². The van der Waals surface area contributed by atoms with Crippen molar-refractivity contribution in [2.75, 3.05) is 26.2 Å². The number of aliphatic hydroxyl groups excluding tert-OH is 1. The van der Waals surface area contributed by atoms with Crippen molar-refractivity contribution in [1.29, 1.82) is 0 Å². The van der Waals surface area contributed by atoms with E-state index in [0.29, 0.717) is 6.54 Å². The van der Waals surface area contributed by atoms with Gasteiger partial charge in [0.2, 0.25) is 5.91 Å². The predicted molar refractivity (Wildman–Crippen MR) is 85.4 cm³/mol. The highest BCUT2D eigenvalue weighted by molar-refractivity contribution is 5.92. The van der Waals surface area contributed by atoms with E-state index >= 15 is 0 Å². The molecule has 7 heteroatoms. The molecule has 130 valence electrons. The van der Waals surface area contributed by atoms with Gasteiger partial charge in [-0.25, -0.2) is 8.78 Å². The number of halogens is 2. The zero-order chi connectivity index (χ0) is 17.2. The van der Waals surface area contributed by atoms with E-state index in [4.69, 9.17) is 0 Å². The normalized spacial score (nSPS) is 27.7. The summed E-state index contributed by atoms with van der Waals surface area (Å²) in [5.74, 6) is -2.80. The van der Waals surface area contributed by atoms with Crippen LogP contribution in [0.25, 0.3) is 6.08 Å². The van der Waals surface area contributed by atoms with Crippen LogP contribution in [0, 0.1) is 0 Å². The van der Waals surface area contributed by atoms with Crippen molar-refractivity contribution >= 4 is 12.0 Å². The minimum atomic E-state index is -2.61. The second kappa shape index (κ2) is 6.94. The van der Waals surface area contributed by atoms with Gasteiger partial charge in [0, 0.05) is 57.5 Å². The van der Waals surface area contributed by atoms with Crippen LogP contribution in [0.15, 0.2) is 30.6 Å². The number of likely N-dealkylation sites (tertiary alicyclic amines) is 2. The van der Waals surface area contributed by atoms with E-state index in [9.17, 15) is 18.7 Å². The highest BCUT2D eigenvalue weighted by Crippen LogP contribution is 2.30. The van der Waals surface area contributed by atoms with Gasteiger partial charge in [-0.3, -0.25) is 14.7 Å². The number of alkyl halides is 2. The number of nitrogens with zero attached hydrogens (tertiary/aromatic N) is 3. The van der Waals surface area contributed by atoms with Crippen molar-refractivity contribution in [2.24, 2.45) is 0 Å². The average Bonchev–Trinajstić information content (AvgIpc) is 2.95. The van der Waals surface area contributed by atoms with Crippen LogP contribution < -0.4 is 0 Å². The van der Waals surface area contributed by atoms with Crippen molar-refractivity contribution in [3.05, 3.63) is 36.2 Å². The van der Waals surface area contributed by atoms with E-state index < -0.39 is 12.0 Å². The Morgan fingerprint density at radius 2 is 2.08 bits per heavy atom. The van der Waals surface area contributed by atoms with Crippen molar-refractivity contribution in [3.8, 4) is 0 Å². The third-order valence-electron chi connectivity index (χ3n) is 4.67. The first-order valence-corrected chi connectivity index (χ1v) is 8.12. The maximum atomic E-state index is 13.3. The molecule has 1 amide bonds. The third-order valence-corrected chi connectivity index (χ3v) is 4.67. The number of β-amino-alcohol motifs (C(OH)–C–C–N with tert-alkyl or cyclic N) is 1. The standard InChI is InChI=1S/C17H21F2N3O2/c18-17(19)5-8-21(9-6-17)14-11-22(12-15(14)23)16(24)4-3-13-2-1-7-20-10-13/h1-4,7,10,14-15,23H,5-6,8-9,11-12H2/b4-3+/t14-,15-/m1/s1. The molecule has 2 saturated heterocycles. The number of carbonyl (C=O) groups excluding carboxylic acids is 1. The molecule has 0 saturated carbocycles. The number of amides is 1. The summed E-state index contributed by atoms with van der Waals surface area (Å²) in [5.41, 5.74) is 0.820. The molecule has 0 radical (unpaired) electrons. The van der Waals surface area contributed by atoms with Gasteiger partial charge < -0.3 is 10.0 Å². The average molecular weight is 337 g/mol. The van der Waals surface area contributed by atoms with Crippen LogP contribution in [0.5, 0.6) is 0 Å².